The van der Waals surface area contributed by atoms with Gasteiger partial charge in [0.1, 0.15) is 0 Å². The molecule has 0 aliphatic heterocycles. The molecule has 0 bridgehead atoms. The normalized spacial score (nSPS) is 10.8. The summed E-state index contributed by atoms with van der Waals surface area (Å²) in [4.78, 5) is 0. The standard InChI is InChI=1S/C18H21I/c1-11-6-16(7-12(2)14(11)4)17-8-13(3)15(5)18(9-17)10-19/h6-9H,10H2,1-5H3. The summed E-state index contributed by atoms with van der Waals surface area (Å²) in [6.07, 6.45) is 0. The van der Waals surface area contributed by atoms with Gasteiger partial charge >= 0.3 is 0 Å². The molecule has 2 rings (SSSR count). The van der Waals surface area contributed by atoms with Gasteiger partial charge in [-0.05, 0) is 79.1 Å². The molecule has 0 saturated carbocycles. The van der Waals surface area contributed by atoms with Crippen LogP contribution >= 0.6 is 22.6 Å². The summed E-state index contributed by atoms with van der Waals surface area (Å²) in [6.45, 7) is 11.0. The molecule has 0 fully saturated rings. The summed E-state index contributed by atoms with van der Waals surface area (Å²) in [5.41, 5.74) is 11.1. The summed E-state index contributed by atoms with van der Waals surface area (Å²) < 4.78 is 1.07. The van der Waals surface area contributed by atoms with Gasteiger partial charge in [-0.25, -0.2) is 0 Å². The molecule has 0 saturated heterocycles. The Morgan fingerprint density at radius 1 is 0.684 bits per heavy atom. The second-order valence-electron chi connectivity index (χ2n) is 5.45. The van der Waals surface area contributed by atoms with Crippen molar-refractivity contribution in [3.63, 3.8) is 0 Å². The van der Waals surface area contributed by atoms with Gasteiger partial charge in [0, 0.05) is 4.43 Å². The molecule has 19 heavy (non-hydrogen) atoms. The molecule has 0 aliphatic rings. The smallest absolute Gasteiger partial charge is 0.0250 e. The van der Waals surface area contributed by atoms with E-state index in [0.717, 1.165) is 4.43 Å². The maximum absolute atomic E-state index is 2.45. The average molecular weight is 364 g/mol. The van der Waals surface area contributed by atoms with Gasteiger partial charge in [-0.3, -0.25) is 0 Å². The van der Waals surface area contributed by atoms with Gasteiger partial charge in [-0.2, -0.15) is 0 Å². The van der Waals surface area contributed by atoms with Gasteiger partial charge in [0.05, 0.1) is 0 Å². The van der Waals surface area contributed by atoms with Crippen molar-refractivity contribution in [2.45, 2.75) is 39.0 Å². The fourth-order valence-corrected chi connectivity index (χ4v) is 3.23. The Bertz CT molecular complexity index is 601. The lowest BCUT2D eigenvalue weighted by Crippen LogP contribution is -1.93. The zero-order valence-electron chi connectivity index (χ0n) is 12.4. The topological polar surface area (TPSA) is 0 Å². The average Bonchev–Trinajstić information content (AvgIpc) is 2.38. The summed E-state index contributed by atoms with van der Waals surface area (Å²) in [7, 11) is 0. The fourth-order valence-electron chi connectivity index (χ4n) is 2.44. The highest BCUT2D eigenvalue weighted by Crippen LogP contribution is 2.29. The van der Waals surface area contributed by atoms with Crippen molar-refractivity contribution in [3.05, 3.63) is 57.6 Å². The van der Waals surface area contributed by atoms with Crippen LogP contribution < -0.4 is 0 Å². The first-order valence-corrected chi connectivity index (χ1v) is 8.21. The quantitative estimate of drug-likeness (QED) is 0.465. The van der Waals surface area contributed by atoms with Gasteiger partial charge in [0.25, 0.3) is 0 Å². The first kappa shape index (κ1) is 14.6. The molecule has 0 N–H and O–H groups in total. The highest BCUT2D eigenvalue weighted by Gasteiger charge is 2.07. The van der Waals surface area contributed by atoms with Crippen molar-refractivity contribution >= 4 is 22.6 Å². The lowest BCUT2D eigenvalue weighted by atomic mass is 9.93. The van der Waals surface area contributed by atoms with E-state index in [1.807, 2.05) is 0 Å². The molecule has 0 heterocycles. The van der Waals surface area contributed by atoms with Crippen molar-refractivity contribution in [2.24, 2.45) is 0 Å². The van der Waals surface area contributed by atoms with Crippen molar-refractivity contribution in [3.8, 4) is 11.1 Å². The van der Waals surface area contributed by atoms with E-state index in [0.29, 0.717) is 0 Å². The van der Waals surface area contributed by atoms with E-state index in [9.17, 15) is 0 Å². The number of halogens is 1. The van der Waals surface area contributed by atoms with Gasteiger partial charge in [0.2, 0.25) is 0 Å². The Hall–Kier alpha value is -0.830. The number of benzene rings is 2. The Morgan fingerprint density at radius 3 is 1.58 bits per heavy atom. The van der Waals surface area contributed by atoms with Crippen molar-refractivity contribution in [1.82, 2.24) is 0 Å². The second kappa shape index (κ2) is 5.66. The van der Waals surface area contributed by atoms with Gasteiger partial charge in [-0.1, -0.05) is 46.9 Å². The van der Waals surface area contributed by atoms with E-state index in [2.05, 4.69) is 81.5 Å². The largest absolute Gasteiger partial charge is 0.0812 e. The highest BCUT2D eigenvalue weighted by atomic mass is 127. The van der Waals surface area contributed by atoms with Crippen LogP contribution in [-0.2, 0) is 4.43 Å². The third-order valence-electron chi connectivity index (χ3n) is 4.18. The van der Waals surface area contributed by atoms with Crippen LogP contribution in [0.5, 0.6) is 0 Å². The van der Waals surface area contributed by atoms with E-state index in [1.54, 1.807) is 0 Å². The number of alkyl halides is 1. The minimum absolute atomic E-state index is 1.07. The van der Waals surface area contributed by atoms with Crippen LogP contribution in [0.4, 0.5) is 0 Å². The van der Waals surface area contributed by atoms with Crippen molar-refractivity contribution in [2.75, 3.05) is 0 Å². The summed E-state index contributed by atoms with van der Waals surface area (Å²) in [5.74, 6) is 0. The lowest BCUT2D eigenvalue weighted by molar-refractivity contribution is 1.25. The second-order valence-corrected chi connectivity index (χ2v) is 6.21. The van der Waals surface area contributed by atoms with E-state index in [4.69, 9.17) is 0 Å². The zero-order chi connectivity index (χ0) is 14.2. The van der Waals surface area contributed by atoms with E-state index < -0.39 is 0 Å². The van der Waals surface area contributed by atoms with Crippen molar-refractivity contribution < 1.29 is 0 Å². The van der Waals surface area contributed by atoms with Gasteiger partial charge in [0.15, 0.2) is 0 Å². The Morgan fingerprint density at radius 2 is 1.11 bits per heavy atom. The third kappa shape index (κ3) is 2.86. The zero-order valence-corrected chi connectivity index (χ0v) is 14.6. The minimum Gasteiger partial charge on any atom is -0.0812 e. The van der Waals surface area contributed by atoms with Crippen LogP contribution in [0.3, 0.4) is 0 Å². The summed E-state index contributed by atoms with van der Waals surface area (Å²) >= 11 is 2.45. The Labute approximate surface area is 130 Å². The molecule has 0 spiro atoms. The van der Waals surface area contributed by atoms with Crippen LogP contribution in [-0.4, -0.2) is 0 Å². The van der Waals surface area contributed by atoms with E-state index in [-0.39, 0.29) is 0 Å². The molecular weight excluding hydrogens is 343 g/mol. The first-order chi connectivity index (χ1) is 8.93. The first-order valence-electron chi connectivity index (χ1n) is 6.68. The molecule has 2 aromatic rings. The molecule has 0 atom stereocenters. The van der Waals surface area contributed by atoms with Crippen LogP contribution in [0.1, 0.15) is 33.4 Å². The summed E-state index contributed by atoms with van der Waals surface area (Å²) in [5, 5.41) is 0. The van der Waals surface area contributed by atoms with E-state index >= 15 is 0 Å². The number of hydrogen-bond donors (Lipinski definition) is 0. The lowest BCUT2D eigenvalue weighted by Gasteiger charge is -2.13. The van der Waals surface area contributed by atoms with E-state index in [1.165, 1.54) is 44.5 Å². The van der Waals surface area contributed by atoms with Gasteiger partial charge in [-0.15, -0.1) is 0 Å². The number of hydrogen-bond acceptors (Lipinski definition) is 0. The van der Waals surface area contributed by atoms with Crippen LogP contribution in [0.15, 0.2) is 24.3 Å². The molecular formula is C18H21I. The number of rotatable bonds is 2. The molecule has 0 nitrogen and oxygen atoms in total. The SMILES string of the molecule is Cc1cc(-c2cc(C)c(C)c(CI)c2)cc(C)c1C. The molecule has 0 radical (unpaired) electrons. The van der Waals surface area contributed by atoms with Crippen molar-refractivity contribution in [1.29, 1.82) is 0 Å². The highest BCUT2D eigenvalue weighted by molar-refractivity contribution is 14.1. The maximum atomic E-state index is 2.45. The molecule has 0 unspecified atom stereocenters. The van der Waals surface area contributed by atoms with Gasteiger partial charge < -0.3 is 0 Å². The van der Waals surface area contributed by atoms with Crippen LogP contribution in [0.25, 0.3) is 11.1 Å². The molecule has 2 aromatic carbocycles. The molecule has 0 aliphatic carbocycles. The number of aryl methyl sites for hydroxylation is 3. The predicted molar refractivity (Wildman–Crippen MR) is 93.3 cm³/mol. The predicted octanol–water partition coefficient (Wildman–Crippen LogP) is 5.83. The molecule has 100 valence electrons. The fraction of sp³-hybridized carbons (Fsp3) is 0.333. The Balaban J connectivity index is 2.62. The Kier molecular flexibility index (Phi) is 4.34. The monoisotopic (exact) mass is 364 g/mol. The van der Waals surface area contributed by atoms with Crippen LogP contribution in [0.2, 0.25) is 0 Å². The molecule has 0 aromatic heterocycles. The molecule has 1 heteroatoms. The third-order valence-corrected chi connectivity index (χ3v) is 5.00. The minimum atomic E-state index is 1.07. The maximum Gasteiger partial charge on any atom is 0.0250 e. The summed E-state index contributed by atoms with van der Waals surface area (Å²) in [6, 6.07) is 9.28. The van der Waals surface area contributed by atoms with Crippen LogP contribution in [0, 0.1) is 34.6 Å². The molecule has 0 amide bonds.